The molecule has 7 heteroatoms. The highest BCUT2D eigenvalue weighted by Crippen LogP contribution is 2.29. The molecule has 20 heavy (non-hydrogen) atoms. The molecule has 2 N–H and O–H groups in total. The minimum absolute atomic E-state index is 0.101. The summed E-state index contributed by atoms with van der Waals surface area (Å²) in [6, 6.07) is 2.01. The van der Waals surface area contributed by atoms with Crippen LogP contribution in [0.5, 0.6) is 0 Å². The first-order valence-electron chi connectivity index (χ1n) is 5.99. The lowest BCUT2D eigenvalue weighted by Crippen LogP contribution is -2.22. The molecule has 0 spiro atoms. The molecule has 3 aromatic heterocycles. The number of nitrogens with one attached hydrogen (secondary N) is 2. The van der Waals surface area contributed by atoms with Crippen molar-refractivity contribution in [3.05, 3.63) is 45.6 Å². The van der Waals surface area contributed by atoms with Gasteiger partial charge in [0.2, 0.25) is 0 Å². The molecule has 102 valence electrons. The van der Waals surface area contributed by atoms with E-state index in [4.69, 9.17) is 0 Å². The Bertz CT molecular complexity index is 701. The highest BCUT2D eigenvalue weighted by molar-refractivity contribution is 7.17. The summed E-state index contributed by atoms with van der Waals surface area (Å²) in [5.74, 6) is -0.101. The van der Waals surface area contributed by atoms with E-state index in [0.29, 0.717) is 11.4 Å². The fourth-order valence-electron chi connectivity index (χ4n) is 1.75. The summed E-state index contributed by atoms with van der Waals surface area (Å²) in [5, 5.41) is 7.78. The number of imidazole rings is 1. The molecule has 1 amide bonds. The number of aromatic amines is 1. The number of hydrogen-bond acceptors (Lipinski definition) is 5. The number of H-pyrrole nitrogens is 1. The number of carbonyl (C=O) groups excluding carboxylic acids is 1. The van der Waals surface area contributed by atoms with Crippen LogP contribution in [-0.2, 0) is 6.54 Å². The van der Waals surface area contributed by atoms with E-state index in [-0.39, 0.29) is 5.91 Å². The standard InChI is InChI=1S/C13H12N4OS2/c1-8-11(12(18)15-5-10-4-14-7-16-10)20-13(17-8)9-2-3-19-6-9/h2-4,6-7H,5H2,1H3,(H,14,16)(H,15,18). The number of amides is 1. The minimum atomic E-state index is -0.101. The van der Waals surface area contributed by atoms with Crippen LogP contribution in [-0.4, -0.2) is 20.9 Å². The molecule has 3 rings (SSSR count). The van der Waals surface area contributed by atoms with Gasteiger partial charge in [-0.15, -0.1) is 11.3 Å². The van der Waals surface area contributed by atoms with Gasteiger partial charge in [-0.05, 0) is 18.4 Å². The predicted molar refractivity (Wildman–Crippen MR) is 79.9 cm³/mol. The van der Waals surface area contributed by atoms with E-state index in [2.05, 4.69) is 20.3 Å². The fraction of sp³-hybridized carbons (Fsp3) is 0.154. The van der Waals surface area contributed by atoms with Gasteiger partial charge in [-0.2, -0.15) is 11.3 Å². The molecule has 0 radical (unpaired) electrons. The lowest BCUT2D eigenvalue weighted by Gasteiger charge is -2.01. The fourth-order valence-corrected chi connectivity index (χ4v) is 3.45. The second kappa shape index (κ2) is 5.56. The van der Waals surface area contributed by atoms with E-state index in [1.165, 1.54) is 11.3 Å². The number of aryl methyl sites for hydroxylation is 1. The first-order valence-corrected chi connectivity index (χ1v) is 7.75. The highest BCUT2D eigenvalue weighted by atomic mass is 32.1. The van der Waals surface area contributed by atoms with Crippen LogP contribution >= 0.6 is 22.7 Å². The monoisotopic (exact) mass is 304 g/mol. The summed E-state index contributed by atoms with van der Waals surface area (Å²) < 4.78 is 0. The quantitative estimate of drug-likeness (QED) is 0.778. The summed E-state index contributed by atoms with van der Waals surface area (Å²) in [7, 11) is 0. The Morgan fingerprint density at radius 3 is 3.10 bits per heavy atom. The summed E-state index contributed by atoms with van der Waals surface area (Å²) in [5.41, 5.74) is 2.70. The number of nitrogens with zero attached hydrogens (tertiary/aromatic N) is 2. The van der Waals surface area contributed by atoms with Gasteiger partial charge >= 0.3 is 0 Å². The molecule has 0 unspecified atom stereocenters. The molecule has 0 aromatic carbocycles. The van der Waals surface area contributed by atoms with E-state index in [0.717, 1.165) is 22.0 Å². The smallest absolute Gasteiger partial charge is 0.263 e. The van der Waals surface area contributed by atoms with E-state index < -0.39 is 0 Å². The third-order valence-corrected chi connectivity index (χ3v) is 4.65. The lowest BCUT2D eigenvalue weighted by atomic mass is 10.3. The molecule has 0 aliphatic carbocycles. The van der Waals surface area contributed by atoms with Gasteiger partial charge in [-0.1, -0.05) is 0 Å². The van der Waals surface area contributed by atoms with Crippen molar-refractivity contribution in [1.29, 1.82) is 0 Å². The molecule has 3 aromatic rings. The van der Waals surface area contributed by atoms with Crippen LogP contribution in [0.25, 0.3) is 10.6 Å². The maximum atomic E-state index is 12.2. The first-order chi connectivity index (χ1) is 9.74. The van der Waals surface area contributed by atoms with Gasteiger partial charge in [-0.3, -0.25) is 4.79 Å². The summed E-state index contributed by atoms with van der Waals surface area (Å²) in [6.45, 7) is 2.29. The van der Waals surface area contributed by atoms with Crippen molar-refractivity contribution in [2.75, 3.05) is 0 Å². The van der Waals surface area contributed by atoms with Crippen molar-refractivity contribution < 1.29 is 4.79 Å². The molecule has 0 atom stereocenters. The highest BCUT2D eigenvalue weighted by Gasteiger charge is 2.16. The summed E-state index contributed by atoms with van der Waals surface area (Å²) in [4.78, 5) is 24.2. The van der Waals surface area contributed by atoms with Gasteiger partial charge in [-0.25, -0.2) is 9.97 Å². The lowest BCUT2D eigenvalue weighted by molar-refractivity contribution is 0.0953. The maximum absolute atomic E-state index is 12.2. The Balaban J connectivity index is 1.75. The molecule has 0 aliphatic heterocycles. The zero-order valence-corrected chi connectivity index (χ0v) is 12.3. The topological polar surface area (TPSA) is 70.7 Å². The number of hydrogen-bond donors (Lipinski definition) is 2. The van der Waals surface area contributed by atoms with Crippen molar-refractivity contribution >= 4 is 28.6 Å². The van der Waals surface area contributed by atoms with Crippen LogP contribution in [0.2, 0.25) is 0 Å². The molecular formula is C13H12N4OS2. The number of carbonyl (C=O) groups is 1. The summed E-state index contributed by atoms with van der Waals surface area (Å²) in [6.07, 6.45) is 3.28. The number of aromatic nitrogens is 3. The summed E-state index contributed by atoms with van der Waals surface area (Å²) >= 11 is 3.04. The third kappa shape index (κ3) is 2.63. The van der Waals surface area contributed by atoms with Gasteiger partial charge in [0.15, 0.2) is 0 Å². The van der Waals surface area contributed by atoms with Gasteiger partial charge in [0.05, 0.1) is 24.3 Å². The van der Waals surface area contributed by atoms with Gasteiger partial charge < -0.3 is 10.3 Å². The Morgan fingerprint density at radius 1 is 1.50 bits per heavy atom. The first kappa shape index (κ1) is 13.0. The number of thiophene rings is 1. The van der Waals surface area contributed by atoms with Gasteiger partial charge in [0, 0.05) is 17.1 Å². The van der Waals surface area contributed by atoms with Crippen molar-refractivity contribution in [1.82, 2.24) is 20.3 Å². The normalized spacial score (nSPS) is 10.7. The van der Waals surface area contributed by atoms with Crippen molar-refractivity contribution in [3.8, 4) is 10.6 Å². The second-order valence-corrected chi connectivity index (χ2v) is 5.98. The molecule has 0 bridgehead atoms. The van der Waals surface area contributed by atoms with Crippen molar-refractivity contribution in [2.45, 2.75) is 13.5 Å². The minimum Gasteiger partial charge on any atom is -0.347 e. The van der Waals surface area contributed by atoms with E-state index >= 15 is 0 Å². The van der Waals surface area contributed by atoms with Crippen LogP contribution < -0.4 is 5.32 Å². The van der Waals surface area contributed by atoms with Gasteiger partial charge in [0.1, 0.15) is 9.88 Å². The SMILES string of the molecule is Cc1nc(-c2ccsc2)sc1C(=O)NCc1cnc[nH]1. The third-order valence-electron chi connectivity index (χ3n) is 2.77. The predicted octanol–water partition coefficient (Wildman–Crippen LogP) is 2.83. The van der Waals surface area contributed by atoms with Gasteiger partial charge in [0.25, 0.3) is 5.91 Å². The Labute approximate surface area is 123 Å². The van der Waals surface area contributed by atoms with Crippen LogP contribution in [0.15, 0.2) is 29.4 Å². The maximum Gasteiger partial charge on any atom is 0.263 e. The largest absolute Gasteiger partial charge is 0.347 e. The zero-order chi connectivity index (χ0) is 13.9. The molecule has 0 aliphatic rings. The number of thiazole rings is 1. The van der Waals surface area contributed by atoms with Crippen LogP contribution in [0, 0.1) is 6.92 Å². The molecule has 0 fully saturated rings. The number of rotatable bonds is 4. The Morgan fingerprint density at radius 2 is 2.40 bits per heavy atom. The van der Waals surface area contributed by atoms with Crippen LogP contribution in [0.4, 0.5) is 0 Å². The van der Waals surface area contributed by atoms with Crippen LogP contribution in [0.3, 0.4) is 0 Å². The molecule has 0 saturated carbocycles. The molecule has 5 nitrogen and oxygen atoms in total. The van der Waals surface area contributed by atoms with E-state index in [9.17, 15) is 4.79 Å². The molecule has 3 heterocycles. The van der Waals surface area contributed by atoms with Crippen molar-refractivity contribution in [3.63, 3.8) is 0 Å². The van der Waals surface area contributed by atoms with E-state index in [1.54, 1.807) is 23.9 Å². The van der Waals surface area contributed by atoms with Crippen molar-refractivity contribution in [2.24, 2.45) is 0 Å². The Kier molecular flexibility index (Phi) is 3.62. The van der Waals surface area contributed by atoms with E-state index in [1.807, 2.05) is 23.8 Å². The molecule has 0 saturated heterocycles. The second-order valence-electron chi connectivity index (χ2n) is 4.21. The average Bonchev–Trinajstić information content (AvgIpc) is 3.17. The average molecular weight is 304 g/mol. The zero-order valence-electron chi connectivity index (χ0n) is 10.7. The molecular weight excluding hydrogens is 292 g/mol. The Hall–Kier alpha value is -1.99. The van der Waals surface area contributed by atoms with Crippen LogP contribution in [0.1, 0.15) is 21.1 Å².